The third kappa shape index (κ3) is 10.5. The molecule has 1 rings (SSSR count). The van der Waals surface area contributed by atoms with Gasteiger partial charge in [-0.05, 0) is 40.2 Å². The number of carbonyl (C=O) groups excluding carboxylic acids is 3. The van der Waals surface area contributed by atoms with Crippen LogP contribution in [-0.2, 0) is 39.8 Å². The van der Waals surface area contributed by atoms with Crippen LogP contribution in [0.15, 0.2) is 30.3 Å². The van der Waals surface area contributed by atoms with Gasteiger partial charge in [-0.15, -0.1) is 0 Å². The first-order chi connectivity index (χ1) is 14.4. The monoisotopic (exact) mass is 457 g/mol. The highest BCUT2D eigenvalue weighted by Crippen LogP contribution is 2.37. The second kappa shape index (κ2) is 12.6. The van der Waals surface area contributed by atoms with E-state index in [4.69, 9.17) is 19.9 Å². The minimum Gasteiger partial charge on any atom is -0.462 e. The maximum Gasteiger partial charge on any atom is 0.338 e. The summed E-state index contributed by atoms with van der Waals surface area (Å²) >= 11 is 0. The van der Waals surface area contributed by atoms with Gasteiger partial charge in [-0.25, -0.2) is 15.0 Å². The summed E-state index contributed by atoms with van der Waals surface area (Å²) in [5, 5.41) is 4.95. The fraction of sp³-hybridized carbons (Fsp3) is 0.550. The first kappa shape index (κ1) is 26.8. The fourth-order valence-corrected chi connectivity index (χ4v) is 4.37. The molecule has 0 radical (unpaired) electrons. The van der Waals surface area contributed by atoms with Crippen molar-refractivity contribution in [2.45, 2.75) is 65.6 Å². The highest BCUT2D eigenvalue weighted by molar-refractivity contribution is 7.60. The van der Waals surface area contributed by atoms with Crippen molar-refractivity contribution in [2.24, 2.45) is 5.73 Å². The van der Waals surface area contributed by atoms with E-state index < -0.39 is 49.8 Å². The lowest BCUT2D eigenvalue weighted by Crippen LogP contribution is -2.49. The normalized spacial score (nSPS) is 15.1. The van der Waals surface area contributed by atoms with Crippen LogP contribution < -0.4 is 15.9 Å². The Labute approximate surface area is 182 Å². The largest absolute Gasteiger partial charge is 0.462 e. The van der Waals surface area contributed by atoms with Gasteiger partial charge in [-0.3, -0.25) is 14.2 Å². The molecule has 10 nitrogen and oxygen atoms in total. The molecule has 11 heteroatoms. The maximum atomic E-state index is 13.4. The molecule has 1 unspecified atom stereocenters. The van der Waals surface area contributed by atoms with Gasteiger partial charge >= 0.3 is 17.9 Å². The van der Waals surface area contributed by atoms with Crippen molar-refractivity contribution in [2.75, 3.05) is 6.16 Å². The van der Waals surface area contributed by atoms with Crippen LogP contribution in [0.1, 0.15) is 40.2 Å². The zero-order valence-electron chi connectivity index (χ0n) is 18.5. The Morgan fingerprint density at radius 3 is 2.03 bits per heavy atom. The number of hydrogen-bond donors (Lipinski definition) is 3. The molecule has 0 fully saturated rings. The summed E-state index contributed by atoms with van der Waals surface area (Å²) in [6.45, 7) is 8.00. The van der Waals surface area contributed by atoms with Crippen LogP contribution in [0.3, 0.4) is 0 Å². The van der Waals surface area contributed by atoms with Crippen molar-refractivity contribution in [3.05, 3.63) is 35.9 Å². The topological polar surface area (TPSA) is 146 Å². The Hall–Kier alpha value is -2.26. The second-order valence-corrected chi connectivity index (χ2v) is 9.78. The van der Waals surface area contributed by atoms with Crippen molar-refractivity contribution < 1.29 is 33.2 Å². The number of hydrogen-bond acceptors (Lipinski definition) is 8. The van der Waals surface area contributed by atoms with Gasteiger partial charge in [0, 0.05) is 0 Å². The molecule has 0 heterocycles. The second-order valence-electron chi connectivity index (χ2n) is 7.47. The predicted molar refractivity (Wildman–Crippen MR) is 115 cm³/mol. The summed E-state index contributed by atoms with van der Waals surface area (Å²) in [6, 6.07) is 7.90. The molecule has 174 valence electrons. The third-order valence-electron chi connectivity index (χ3n) is 3.66. The van der Waals surface area contributed by atoms with Crippen LogP contribution in [0.5, 0.6) is 0 Å². The summed E-state index contributed by atoms with van der Waals surface area (Å²) in [5.74, 6) is -2.33. The van der Waals surface area contributed by atoms with Crippen LogP contribution in [0, 0.1) is 0 Å². The maximum absolute atomic E-state index is 13.4. The zero-order chi connectivity index (χ0) is 23.6. The van der Waals surface area contributed by atoms with Gasteiger partial charge in [0.15, 0.2) is 6.17 Å². The van der Waals surface area contributed by atoms with E-state index in [1.807, 2.05) is 6.07 Å². The molecule has 0 spiro atoms. The summed E-state index contributed by atoms with van der Waals surface area (Å²) in [5.41, 5.74) is 6.51. The Morgan fingerprint density at radius 2 is 1.48 bits per heavy atom. The molecule has 0 aliphatic carbocycles. The van der Waals surface area contributed by atoms with Crippen LogP contribution in [-0.4, -0.2) is 48.5 Å². The van der Waals surface area contributed by atoms with Crippen molar-refractivity contribution in [3.8, 4) is 0 Å². The molecule has 0 aliphatic heterocycles. The lowest BCUT2D eigenvalue weighted by Gasteiger charge is -2.26. The van der Waals surface area contributed by atoms with Gasteiger partial charge in [0.1, 0.15) is 18.8 Å². The lowest BCUT2D eigenvalue weighted by atomic mass is 10.2. The molecule has 4 N–H and O–H groups in total. The van der Waals surface area contributed by atoms with Crippen molar-refractivity contribution in [3.63, 3.8) is 0 Å². The average molecular weight is 457 g/mol. The van der Waals surface area contributed by atoms with Gasteiger partial charge in [-0.2, -0.15) is 0 Å². The van der Waals surface area contributed by atoms with E-state index in [0.29, 0.717) is 0 Å². The van der Waals surface area contributed by atoms with E-state index in [1.165, 1.54) is 6.92 Å². The van der Waals surface area contributed by atoms with Crippen LogP contribution in [0.2, 0.25) is 0 Å². The number of carbonyl (C=O) groups is 3. The highest BCUT2D eigenvalue weighted by Gasteiger charge is 2.35. The highest BCUT2D eigenvalue weighted by atomic mass is 31.2. The third-order valence-corrected chi connectivity index (χ3v) is 5.86. The molecule has 31 heavy (non-hydrogen) atoms. The van der Waals surface area contributed by atoms with Crippen molar-refractivity contribution >= 4 is 25.4 Å². The molecule has 0 saturated heterocycles. The summed E-state index contributed by atoms with van der Waals surface area (Å²) in [6.07, 6.45) is -2.97. The molecule has 0 aliphatic rings. The fourth-order valence-electron chi connectivity index (χ4n) is 2.38. The lowest BCUT2D eigenvalue weighted by molar-refractivity contribution is -0.149. The van der Waals surface area contributed by atoms with Gasteiger partial charge in [-0.1, -0.05) is 30.3 Å². The van der Waals surface area contributed by atoms with Crippen LogP contribution in [0.4, 0.5) is 0 Å². The van der Waals surface area contributed by atoms with E-state index in [0.717, 1.165) is 5.56 Å². The van der Waals surface area contributed by atoms with E-state index in [-0.39, 0.29) is 12.7 Å². The smallest absolute Gasteiger partial charge is 0.338 e. The standard InChI is InChI=1S/C20H32N3O7P/c1-13(2)29-19(25)15(5)22-31(27,23-18(21)20(26)30-14(3)4)12-17(24)28-11-16-9-7-6-8-10-16/h6-10,13-15,18H,11-12,21H2,1-5H3,(H2,22,23,27)/t15-,18+,31?/m0/s1. The van der Waals surface area contributed by atoms with Gasteiger partial charge < -0.3 is 19.9 Å². The Morgan fingerprint density at radius 1 is 0.935 bits per heavy atom. The predicted octanol–water partition coefficient (Wildman–Crippen LogP) is 1.68. The number of ether oxygens (including phenoxy) is 3. The number of esters is 3. The first-order valence-electron chi connectivity index (χ1n) is 9.92. The minimum absolute atomic E-state index is 0.0218. The molecule has 1 aromatic carbocycles. The number of nitrogens with one attached hydrogen (secondary N) is 2. The Bertz CT molecular complexity index is 752. The van der Waals surface area contributed by atoms with Gasteiger partial charge in [0.25, 0.3) is 0 Å². The summed E-state index contributed by atoms with van der Waals surface area (Å²) in [4.78, 5) is 36.5. The number of rotatable bonds is 12. The number of benzene rings is 1. The quantitative estimate of drug-likeness (QED) is 0.183. The molecular weight excluding hydrogens is 425 g/mol. The van der Waals surface area contributed by atoms with Gasteiger partial charge in [0.2, 0.25) is 7.44 Å². The average Bonchev–Trinajstić information content (AvgIpc) is 2.65. The number of nitrogens with two attached hydrogens (primary N) is 1. The molecular formula is C20H32N3O7P. The molecule has 1 aromatic rings. The Balaban J connectivity index is 2.89. The Kier molecular flexibility index (Phi) is 10.8. The molecule has 3 atom stereocenters. The minimum atomic E-state index is -3.90. The van der Waals surface area contributed by atoms with E-state index >= 15 is 0 Å². The van der Waals surface area contributed by atoms with Gasteiger partial charge in [0.05, 0.1) is 12.2 Å². The first-order valence-corrected chi connectivity index (χ1v) is 11.8. The zero-order valence-corrected chi connectivity index (χ0v) is 19.4. The van der Waals surface area contributed by atoms with E-state index in [9.17, 15) is 18.9 Å². The molecule has 0 bridgehead atoms. The van der Waals surface area contributed by atoms with Crippen LogP contribution >= 0.6 is 7.44 Å². The van der Waals surface area contributed by atoms with E-state index in [2.05, 4.69) is 10.2 Å². The summed E-state index contributed by atoms with van der Waals surface area (Å²) < 4.78 is 28.7. The molecule has 0 amide bonds. The summed E-state index contributed by atoms with van der Waals surface area (Å²) in [7, 11) is -3.90. The van der Waals surface area contributed by atoms with Crippen molar-refractivity contribution in [1.29, 1.82) is 0 Å². The van der Waals surface area contributed by atoms with E-state index in [1.54, 1.807) is 52.0 Å². The molecule has 0 saturated carbocycles. The molecule has 0 aromatic heterocycles. The SMILES string of the molecule is CC(C)OC(=O)[C@H](C)NP(=O)(CC(=O)OCc1ccccc1)N[C@@H](N)C(=O)OC(C)C. The van der Waals surface area contributed by atoms with Crippen LogP contribution in [0.25, 0.3) is 0 Å². The van der Waals surface area contributed by atoms with Crippen molar-refractivity contribution in [1.82, 2.24) is 10.2 Å².